The Balaban J connectivity index is 2.33. The Kier molecular flexibility index (Phi) is 3.14. The number of aromatic amines is 1. The Labute approximate surface area is 102 Å². The fourth-order valence-corrected chi connectivity index (χ4v) is 2.09. The largest absolute Gasteiger partial charge is 0.344 e. The minimum atomic E-state index is 0.905. The number of nitrogens with one attached hydrogen (secondary N) is 1. The van der Waals surface area contributed by atoms with Gasteiger partial charge in [-0.15, -0.1) is 0 Å². The van der Waals surface area contributed by atoms with Crippen LogP contribution in [0.2, 0.25) is 0 Å². The Morgan fingerprint density at radius 3 is 2.18 bits per heavy atom. The van der Waals surface area contributed by atoms with E-state index < -0.39 is 0 Å². The molecule has 88 valence electrons. The zero-order chi connectivity index (χ0) is 12.4. The van der Waals surface area contributed by atoms with Gasteiger partial charge in [-0.25, -0.2) is 4.99 Å². The second kappa shape index (κ2) is 4.58. The van der Waals surface area contributed by atoms with Crippen molar-refractivity contribution in [2.24, 2.45) is 4.99 Å². The van der Waals surface area contributed by atoms with Gasteiger partial charge in [0.05, 0.1) is 0 Å². The summed E-state index contributed by atoms with van der Waals surface area (Å²) in [6.07, 6.45) is 1.94. The molecule has 1 aromatic carbocycles. The Morgan fingerprint density at radius 2 is 1.65 bits per heavy atom. The summed E-state index contributed by atoms with van der Waals surface area (Å²) < 4.78 is 0. The van der Waals surface area contributed by atoms with Crippen LogP contribution in [-0.2, 0) is 0 Å². The highest BCUT2D eigenvalue weighted by Crippen LogP contribution is 2.16. The number of hydrogen-bond acceptors (Lipinski definition) is 1. The van der Waals surface area contributed by atoms with Crippen molar-refractivity contribution in [1.82, 2.24) is 4.98 Å². The number of H-pyrrole nitrogens is 1. The lowest BCUT2D eigenvalue weighted by atomic mass is 10.0. The standard InChI is InChI=1S/C15H18N2/c1-10-7-11(2)14(12(3)8-10)9-16-15-6-5-13(4)17-15/h5-9,17H,1-4H3/b16-9+. The first-order valence-electron chi connectivity index (χ1n) is 5.84. The van der Waals surface area contributed by atoms with E-state index >= 15 is 0 Å². The predicted octanol–water partition coefficient (Wildman–Crippen LogP) is 4.00. The van der Waals surface area contributed by atoms with E-state index in [-0.39, 0.29) is 0 Å². The van der Waals surface area contributed by atoms with E-state index in [4.69, 9.17) is 0 Å². The zero-order valence-electron chi connectivity index (χ0n) is 10.8. The summed E-state index contributed by atoms with van der Waals surface area (Å²) in [5.74, 6) is 0.905. The molecule has 0 aliphatic rings. The lowest BCUT2D eigenvalue weighted by Gasteiger charge is -2.06. The molecule has 0 bridgehead atoms. The highest BCUT2D eigenvalue weighted by molar-refractivity contribution is 5.85. The van der Waals surface area contributed by atoms with Gasteiger partial charge in [-0.05, 0) is 56.5 Å². The number of hydrogen-bond donors (Lipinski definition) is 1. The van der Waals surface area contributed by atoms with Crippen LogP contribution in [0.3, 0.4) is 0 Å². The molecule has 1 aromatic heterocycles. The van der Waals surface area contributed by atoms with E-state index in [1.54, 1.807) is 0 Å². The van der Waals surface area contributed by atoms with Gasteiger partial charge < -0.3 is 4.98 Å². The van der Waals surface area contributed by atoms with Crippen molar-refractivity contribution in [3.63, 3.8) is 0 Å². The van der Waals surface area contributed by atoms with Gasteiger partial charge in [0, 0.05) is 11.9 Å². The Bertz CT molecular complexity index is 539. The first-order valence-corrected chi connectivity index (χ1v) is 5.84. The van der Waals surface area contributed by atoms with Gasteiger partial charge in [-0.1, -0.05) is 17.7 Å². The maximum atomic E-state index is 4.47. The van der Waals surface area contributed by atoms with Gasteiger partial charge in [0.15, 0.2) is 0 Å². The number of aromatic nitrogens is 1. The molecule has 0 unspecified atom stereocenters. The molecule has 2 aromatic rings. The summed E-state index contributed by atoms with van der Waals surface area (Å²) >= 11 is 0. The molecule has 0 atom stereocenters. The molecule has 2 nitrogen and oxygen atoms in total. The van der Waals surface area contributed by atoms with Gasteiger partial charge in [-0.2, -0.15) is 0 Å². The van der Waals surface area contributed by atoms with Gasteiger partial charge in [0.2, 0.25) is 0 Å². The molecule has 1 N–H and O–H groups in total. The van der Waals surface area contributed by atoms with Crippen molar-refractivity contribution in [1.29, 1.82) is 0 Å². The average Bonchev–Trinajstić information content (AvgIpc) is 2.62. The fourth-order valence-electron chi connectivity index (χ4n) is 2.09. The summed E-state index contributed by atoms with van der Waals surface area (Å²) in [5.41, 5.74) is 6.19. The molecule has 0 fully saturated rings. The van der Waals surface area contributed by atoms with E-state index in [2.05, 4.69) is 42.9 Å². The number of rotatable bonds is 2. The molecular formula is C15H18N2. The molecule has 2 rings (SSSR count). The zero-order valence-corrected chi connectivity index (χ0v) is 10.8. The molecule has 2 heteroatoms. The lowest BCUT2D eigenvalue weighted by molar-refractivity contribution is 1.24. The molecule has 0 amide bonds. The molecular weight excluding hydrogens is 208 g/mol. The minimum absolute atomic E-state index is 0.905. The first kappa shape index (κ1) is 11.6. The van der Waals surface area contributed by atoms with Gasteiger partial charge in [-0.3, -0.25) is 0 Å². The summed E-state index contributed by atoms with van der Waals surface area (Å²) in [4.78, 5) is 7.67. The second-order valence-electron chi connectivity index (χ2n) is 4.60. The van der Waals surface area contributed by atoms with Gasteiger partial charge in [0.1, 0.15) is 5.82 Å². The first-order chi connectivity index (χ1) is 8.06. The fraction of sp³-hybridized carbons (Fsp3) is 0.267. The van der Waals surface area contributed by atoms with Gasteiger partial charge in [0.25, 0.3) is 0 Å². The Morgan fingerprint density at radius 1 is 1.00 bits per heavy atom. The van der Waals surface area contributed by atoms with E-state index in [0.717, 1.165) is 11.5 Å². The summed E-state index contributed by atoms with van der Waals surface area (Å²) in [7, 11) is 0. The van der Waals surface area contributed by atoms with Crippen molar-refractivity contribution < 1.29 is 0 Å². The normalized spacial score (nSPS) is 11.3. The van der Waals surface area contributed by atoms with Crippen LogP contribution in [0.5, 0.6) is 0 Å². The maximum absolute atomic E-state index is 4.47. The number of nitrogens with zero attached hydrogens (tertiary/aromatic N) is 1. The van der Waals surface area contributed by atoms with E-state index in [0.29, 0.717) is 0 Å². The second-order valence-corrected chi connectivity index (χ2v) is 4.60. The van der Waals surface area contributed by atoms with E-state index in [9.17, 15) is 0 Å². The lowest BCUT2D eigenvalue weighted by Crippen LogP contribution is -1.93. The van der Waals surface area contributed by atoms with E-state index in [1.165, 1.54) is 22.3 Å². The summed E-state index contributed by atoms with van der Waals surface area (Å²) in [5, 5.41) is 0. The topological polar surface area (TPSA) is 28.1 Å². The molecule has 0 saturated carbocycles. The average molecular weight is 226 g/mol. The van der Waals surface area contributed by atoms with Crippen molar-refractivity contribution in [2.75, 3.05) is 0 Å². The third kappa shape index (κ3) is 2.64. The van der Waals surface area contributed by atoms with Gasteiger partial charge >= 0.3 is 0 Å². The highest BCUT2D eigenvalue weighted by atomic mass is 14.9. The van der Waals surface area contributed by atoms with Crippen LogP contribution >= 0.6 is 0 Å². The third-order valence-electron chi connectivity index (χ3n) is 2.89. The molecule has 0 radical (unpaired) electrons. The molecule has 0 aliphatic carbocycles. The summed E-state index contributed by atoms with van der Waals surface area (Å²) in [6, 6.07) is 8.40. The molecule has 1 heterocycles. The van der Waals surface area contributed by atoms with Crippen LogP contribution < -0.4 is 0 Å². The number of aryl methyl sites for hydroxylation is 4. The predicted molar refractivity (Wildman–Crippen MR) is 73.4 cm³/mol. The number of aliphatic imine (C=N–C) groups is 1. The van der Waals surface area contributed by atoms with Crippen molar-refractivity contribution >= 4 is 12.0 Å². The van der Waals surface area contributed by atoms with Crippen LogP contribution in [0.1, 0.15) is 27.9 Å². The SMILES string of the molecule is Cc1cc(C)c(/C=N/c2ccc(C)[nH]2)c(C)c1. The van der Waals surface area contributed by atoms with Crippen molar-refractivity contribution in [3.05, 3.63) is 52.2 Å². The number of benzene rings is 1. The van der Waals surface area contributed by atoms with Crippen molar-refractivity contribution in [2.45, 2.75) is 27.7 Å². The van der Waals surface area contributed by atoms with Crippen LogP contribution in [0.25, 0.3) is 0 Å². The van der Waals surface area contributed by atoms with Crippen LogP contribution in [0, 0.1) is 27.7 Å². The Hall–Kier alpha value is -1.83. The smallest absolute Gasteiger partial charge is 0.130 e. The van der Waals surface area contributed by atoms with Crippen molar-refractivity contribution in [3.8, 4) is 0 Å². The minimum Gasteiger partial charge on any atom is -0.344 e. The van der Waals surface area contributed by atoms with E-state index in [1.807, 2.05) is 25.3 Å². The molecule has 17 heavy (non-hydrogen) atoms. The molecule has 0 aliphatic heterocycles. The molecule has 0 saturated heterocycles. The monoisotopic (exact) mass is 226 g/mol. The summed E-state index contributed by atoms with van der Waals surface area (Å²) in [6.45, 7) is 8.40. The van der Waals surface area contributed by atoms with Crippen LogP contribution in [0.4, 0.5) is 5.82 Å². The molecule has 0 spiro atoms. The maximum Gasteiger partial charge on any atom is 0.130 e. The highest BCUT2D eigenvalue weighted by Gasteiger charge is 2.01. The quantitative estimate of drug-likeness (QED) is 0.750. The van der Waals surface area contributed by atoms with Crippen LogP contribution in [0.15, 0.2) is 29.3 Å². The van der Waals surface area contributed by atoms with Crippen LogP contribution in [-0.4, -0.2) is 11.2 Å². The third-order valence-corrected chi connectivity index (χ3v) is 2.89.